The van der Waals surface area contributed by atoms with Gasteiger partial charge in [0, 0.05) is 6.54 Å². The fraction of sp³-hybridized carbons (Fsp3) is 0.333. The Morgan fingerprint density at radius 2 is 1.92 bits per heavy atom. The Labute approximate surface area is 144 Å². The molecule has 0 saturated heterocycles. The Hall–Kier alpha value is -3.30. The van der Waals surface area contributed by atoms with Crippen molar-refractivity contribution < 1.29 is 23.8 Å². The van der Waals surface area contributed by atoms with Crippen LogP contribution in [0.4, 0.5) is 10.6 Å². The fourth-order valence-corrected chi connectivity index (χ4v) is 1.98. The predicted octanol–water partition coefficient (Wildman–Crippen LogP) is 0.790. The molecule has 2 aromatic rings. The number of carbonyl (C=O) groups excluding carboxylic acids is 2. The van der Waals surface area contributed by atoms with Gasteiger partial charge < -0.3 is 19.5 Å². The lowest BCUT2D eigenvalue weighted by atomic mass is 10.2. The maximum atomic E-state index is 12.0. The van der Waals surface area contributed by atoms with Gasteiger partial charge in [0.15, 0.2) is 17.3 Å². The van der Waals surface area contributed by atoms with Crippen LogP contribution in [0, 0.1) is 0 Å². The molecular weight excluding hydrogens is 330 g/mol. The number of amides is 2. The van der Waals surface area contributed by atoms with Gasteiger partial charge in [-0.2, -0.15) is 0 Å². The summed E-state index contributed by atoms with van der Waals surface area (Å²) in [5, 5.41) is 12.6. The van der Waals surface area contributed by atoms with E-state index in [-0.39, 0.29) is 18.3 Å². The minimum Gasteiger partial charge on any atom is -0.493 e. The van der Waals surface area contributed by atoms with Gasteiger partial charge in [-0.05, 0) is 17.7 Å². The van der Waals surface area contributed by atoms with Crippen molar-refractivity contribution in [3.05, 3.63) is 30.0 Å². The zero-order valence-electron chi connectivity index (χ0n) is 14.1. The largest absolute Gasteiger partial charge is 0.493 e. The van der Waals surface area contributed by atoms with Crippen LogP contribution in [0.3, 0.4) is 0 Å². The maximum absolute atomic E-state index is 12.0. The van der Waals surface area contributed by atoms with Gasteiger partial charge in [0.25, 0.3) is 0 Å². The normalized spacial score (nSPS) is 10.0. The first kappa shape index (κ1) is 18.0. The molecule has 0 atom stereocenters. The average molecular weight is 349 g/mol. The molecule has 0 aliphatic heterocycles. The zero-order valence-corrected chi connectivity index (χ0v) is 14.1. The molecule has 25 heavy (non-hydrogen) atoms. The molecule has 0 bridgehead atoms. The predicted molar refractivity (Wildman–Crippen MR) is 87.4 cm³/mol. The minimum absolute atomic E-state index is 0.0385. The lowest BCUT2D eigenvalue weighted by Gasteiger charge is -2.10. The summed E-state index contributed by atoms with van der Waals surface area (Å²) in [6, 6.07) is 5.38. The first-order valence-corrected chi connectivity index (χ1v) is 7.28. The summed E-state index contributed by atoms with van der Waals surface area (Å²) in [6.45, 7) is 0.282. The van der Waals surface area contributed by atoms with E-state index in [9.17, 15) is 9.59 Å². The van der Waals surface area contributed by atoms with Crippen molar-refractivity contribution in [3.63, 3.8) is 0 Å². The molecule has 0 saturated carbocycles. The smallest absolute Gasteiger partial charge is 0.412 e. The second kappa shape index (κ2) is 8.52. The summed E-state index contributed by atoms with van der Waals surface area (Å²) in [5.41, 5.74) is 0.859. The van der Waals surface area contributed by atoms with Crippen molar-refractivity contribution >= 4 is 17.8 Å². The SMILES string of the molecule is COC(=O)Nc1cn(CC(=O)NCc2ccc(OC)c(OC)c2)nn1. The van der Waals surface area contributed by atoms with E-state index in [2.05, 4.69) is 25.7 Å². The molecule has 134 valence electrons. The maximum Gasteiger partial charge on any atom is 0.412 e. The Kier molecular flexibility index (Phi) is 6.15. The van der Waals surface area contributed by atoms with Crippen molar-refractivity contribution in [1.82, 2.24) is 20.3 Å². The quantitative estimate of drug-likeness (QED) is 0.759. The van der Waals surface area contributed by atoms with Crippen LogP contribution in [0.2, 0.25) is 0 Å². The molecule has 10 heteroatoms. The summed E-state index contributed by atoms with van der Waals surface area (Å²) in [6.07, 6.45) is 0.761. The number of benzene rings is 1. The standard InChI is InChI=1S/C15H19N5O5/c1-23-11-5-4-10(6-12(11)24-2)7-16-14(21)9-20-8-13(18-19-20)17-15(22)25-3/h4-6,8H,7,9H2,1-3H3,(H,16,21)(H,17,22). The second-order valence-electron chi connectivity index (χ2n) is 4.88. The molecule has 0 fully saturated rings. The molecule has 0 aliphatic rings. The second-order valence-corrected chi connectivity index (χ2v) is 4.88. The molecule has 1 heterocycles. The molecular formula is C15H19N5O5. The number of rotatable bonds is 7. The van der Waals surface area contributed by atoms with E-state index in [0.717, 1.165) is 5.56 Å². The molecule has 0 radical (unpaired) electrons. The van der Waals surface area contributed by atoms with Crippen molar-refractivity contribution in [2.75, 3.05) is 26.6 Å². The average Bonchev–Trinajstić information content (AvgIpc) is 3.06. The van der Waals surface area contributed by atoms with Gasteiger partial charge in [-0.1, -0.05) is 11.3 Å². The van der Waals surface area contributed by atoms with E-state index in [1.54, 1.807) is 26.4 Å². The number of ether oxygens (including phenoxy) is 3. The van der Waals surface area contributed by atoms with Gasteiger partial charge in [-0.25, -0.2) is 9.48 Å². The van der Waals surface area contributed by atoms with E-state index in [0.29, 0.717) is 18.0 Å². The summed E-state index contributed by atoms with van der Waals surface area (Å²) in [5.74, 6) is 1.14. The molecule has 0 spiro atoms. The third-order valence-electron chi connectivity index (χ3n) is 3.20. The number of hydrogen-bond acceptors (Lipinski definition) is 7. The van der Waals surface area contributed by atoms with Crippen LogP contribution in [-0.2, 0) is 22.6 Å². The Balaban J connectivity index is 1.87. The van der Waals surface area contributed by atoms with Crippen molar-refractivity contribution in [2.45, 2.75) is 13.1 Å². The van der Waals surface area contributed by atoms with Gasteiger partial charge in [0.2, 0.25) is 5.91 Å². The number of nitrogens with zero attached hydrogens (tertiary/aromatic N) is 3. The monoisotopic (exact) mass is 349 g/mol. The van der Waals surface area contributed by atoms with Gasteiger partial charge in [-0.3, -0.25) is 10.1 Å². The number of aromatic nitrogens is 3. The molecule has 0 unspecified atom stereocenters. The van der Waals surface area contributed by atoms with Crippen molar-refractivity contribution in [2.24, 2.45) is 0 Å². The molecule has 10 nitrogen and oxygen atoms in total. The Bertz CT molecular complexity index is 746. The van der Waals surface area contributed by atoms with Crippen LogP contribution >= 0.6 is 0 Å². The molecule has 0 aliphatic carbocycles. The zero-order chi connectivity index (χ0) is 18.2. The van der Waals surface area contributed by atoms with Crippen LogP contribution in [0.25, 0.3) is 0 Å². The lowest BCUT2D eigenvalue weighted by Crippen LogP contribution is -2.27. The number of hydrogen-bond donors (Lipinski definition) is 2. The number of anilines is 1. The topological polar surface area (TPSA) is 117 Å². The summed E-state index contributed by atoms with van der Waals surface area (Å²) in [7, 11) is 4.34. The highest BCUT2D eigenvalue weighted by Gasteiger charge is 2.09. The van der Waals surface area contributed by atoms with E-state index in [1.165, 1.54) is 18.0 Å². The highest BCUT2D eigenvalue weighted by Crippen LogP contribution is 2.27. The Morgan fingerprint density at radius 3 is 2.60 bits per heavy atom. The van der Waals surface area contributed by atoms with E-state index < -0.39 is 6.09 Å². The van der Waals surface area contributed by atoms with Crippen LogP contribution in [-0.4, -0.2) is 48.3 Å². The van der Waals surface area contributed by atoms with E-state index >= 15 is 0 Å². The van der Waals surface area contributed by atoms with Gasteiger partial charge >= 0.3 is 6.09 Å². The van der Waals surface area contributed by atoms with Gasteiger partial charge in [0.1, 0.15) is 6.54 Å². The summed E-state index contributed by atoms with van der Waals surface area (Å²) < 4.78 is 16.1. The van der Waals surface area contributed by atoms with Gasteiger partial charge in [0.05, 0.1) is 27.5 Å². The lowest BCUT2D eigenvalue weighted by molar-refractivity contribution is -0.122. The van der Waals surface area contributed by atoms with Crippen molar-refractivity contribution in [3.8, 4) is 11.5 Å². The van der Waals surface area contributed by atoms with E-state index in [1.807, 2.05) is 6.07 Å². The first-order chi connectivity index (χ1) is 12.0. The van der Waals surface area contributed by atoms with Crippen LogP contribution in [0.5, 0.6) is 11.5 Å². The first-order valence-electron chi connectivity index (χ1n) is 7.28. The van der Waals surface area contributed by atoms with Crippen molar-refractivity contribution in [1.29, 1.82) is 0 Å². The number of methoxy groups -OCH3 is 3. The third-order valence-corrected chi connectivity index (χ3v) is 3.20. The van der Waals surface area contributed by atoms with Gasteiger partial charge in [-0.15, -0.1) is 5.10 Å². The number of carbonyl (C=O) groups is 2. The van der Waals surface area contributed by atoms with E-state index in [4.69, 9.17) is 9.47 Å². The third kappa shape index (κ3) is 5.09. The van der Waals surface area contributed by atoms with Crippen LogP contribution < -0.4 is 20.1 Å². The molecule has 1 aromatic carbocycles. The molecule has 2 rings (SSSR count). The molecule has 2 amide bonds. The van der Waals surface area contributed by atoms with Crippen LogP contribution in [0.15, 0.2) is 24.4 Å². The summed E-state index contributed by atoms with van der Waals surface area (Å²) >= 11 is 0. The minimum atomic E-state index is -0.662. The Morgan fingerprint density at radius 1 is 1.16 bits per heavy atom. The summed E-state index contributed by atoms with van der Waals surface area (Å²) in [4.78, 5) is 23.0. The van der Waals surface area contributed by atoms with Crippen LogP contribution in [0.1, 0.15) is 5.56 Å². The highest BCUT2D eigenvalue weighted by molar-refractivity contribution is 5.82. The number of nitrogens with one attached hydrogen (secondary N) is 2. The molecule has 1 aromatic heterocycles. The fourth-order valence-electron chi connectivity index (χ4n) is 1.98. The highest BCUT2D eigenvalue weighted by atomic mass is 16.5. The molecule has 2 N–H and O–H groups in total.